The molecule has 5 N–H and O–H groups in total. The van der Waals surface area contributed by atoms with Gasteiger partial charge in [-0.15, -0.1) is 0 Å². The summed E-state index contributed by atoms with van der Waals surface area (Å²) in [5.74, 6) is 0. The second kappa shape index (κ2) is 13.0. The van der Waals surface area contributed by atoms with Crippen molar-refractivity contribution in [2.24, 2.45) is 5.73 Å². The summed E-state index contributed by atoms with van der Waals surface area (Å²) in [7, 11) is 0.0274. The number of nitrogens with two attached hydrogens (primary N) is 2. The summed E-state index contributed by atoms with van der Waals surface area (Å²) in [4.78, 5) is 12.4. The topological polar surface area (TPSA) is 148 Å². The van der Waals surface area contributed by atoms with E-state index in [1.807, 2.05) is 0 Å². The first-order chi connectivity index (χ1) is 12.5. The minimum absolute atomic E-state index is 0.000000000000000444. The third-order valence-corrected chi connectivity index (χ3v) is 3.92. The van der Waals surface area contributed by atoms with Gasteiger partial charge in [-0.2, -0.15) is 23.4 Å². The zero-order valence-electron chi connectivity index (χ0n) is 14.7. The van der Waals surface area contributed by atoms with E-state index < -0.39 is 10.1 Å². The average molecular weight is 460 g/mol. The minimum atomic E-state index is -4.08. The van der Waals surface area contributed by atoms with Gasteiger partial charge in [0.15, 0.2) is 0 Å². The lowest BCUT2D eigenvalue weighted by Gasteiger charge is -2.05. The van der Waals surface area contributed by atoms with Gasteiger partial charge < -0.3 is 16.4 Å². The average Bonchev–Trinajstić information content (AvgIpc) is 2.52. The summed E-state index contributed by atoms with van der Waals surface area (Å²) in [6, 6.07) is 5.29. The van der Waals surface area contributed by atoms with E-state index in [1.54, 1.807) is 0 Å². The van der Waals surface area contributed by atoms with Gasteiger partial charge >= 0.3 is 0 Å². The van der Waals surface area contributed by atoms with Gasteiger partial charge in [0.2, 0.25) is 15.9 Å². The highest BCUT2D eigenvalue weighted by atomic mass is 35.5. The largest absolute Gasteiger partial charge is 0.399 e. The Morgan fingerprint density at radius 1 is 1.00 bits per heavy atom. The van der Waals surface area contributed by atoms with E-state index in [0.717, 1.165) is 19.5 Å². The van der Waals surface area contributed by atoms with Crippen LogP contribution in [0.1, 0.15) is 6.42 Å². The van der Waals surface area contributed by atoms with Gasteiger partial charge in [-0.3, -0.25) is 4.55 Å². The molecule has 1 heterocycles. The van der Waals surface area contributed by atoms with Crippen molar-refractivity contribution in [1.29, 1.82) is 0 Å². The van der Waals surface area contributed by atoms with E-state index in [2.05, 4.69) is 33.9 Å². The summed E-state index contributed by atoms with van der Waals surface area (Å²) in [5.41, 5.74) is 11.0. The lowest BCUT2D eigenvalue weighted by Crippen LogP contribution is -2.16. The lowest BCUT2D eigenvalue weighted by atomic mass is 10.3. The predicted octanol–water partition coefficient (Wildman–Crippen LogP) is 2.24. The number of aromatic nitrogens is 3. The number of benzene rings is 1. The molecule has 13 heteroatoms. The Kier molecular flexibility index (Phi) is 12.4. The highest BCUT2D eigenvalue weighted by Crippen LogP contribution is 2.10. The Bertz CT molecular complexity index is 741. The number of nitrogen functional groups attached to an aromatic ring is 1. The molecule has 0 amide bonds. The first-order valence-electron chi connectivity index (χ1n) is 7.36. The SMILES string of the molecule is CN(C)CCCN.Clc1nc(Cl)nc(Cl)n1.Nc1ccc(S(=O)(=O)O)cc1. The highest BCUT2D eigenvalue weighted by Gasteiger charge is 2.07. The molecule has 0 fully saturated rings. The third kappa shape index (κ3) is 13.5. The molecular formula is C14H21Cl3N6O3S. The molecule has 9 nitrogen and oxygen atoms in total. The van der Waals surface area contributed by atoms with Crippen molar-refractivity contribution in [1.82, 2.24) is 19.9 Å². The summed E-state index contributed by atoms with van der Waals surface area (Å²) < 4.78 is 29.4. The fraction of sp³-hybridized carbons (Fsp3) is 0.357. The maximum absolute atomic E-state index is 10.5. The molecule has 0 unspecified atom stereocenters. The van der Waals surface area contributed by atoms with Crippen molar-refractivity contribution in [2.45, 2.75) is 11.3 Å². The molecule has 0 aliphatic carbocycles. The van der Waals surface area contributed by atoms with Crippen molar-refractivity contribution in [2.75, 3.05) is 32.9 Å². The number of halogens is 3. The van der Waals surface area contributed by atoms with Crippen LogP contribution < -0.4 is 11.5 Å². The second-order valence-corrected chi connectivity index (χ2v) is 7.57. The zero-order valence-corrected chi connectivity index (χ0v) is 17.8. The maximum Gasteiger partial charge on any atom is 0.294 e. The number of nitrogens with zero attached hydrogens (tertiary/aromatic N) is 4. The molecule has 27 heavy (non-hydrogen) atoms. The first kappa shape index (κ1) is 25.7. The summed E-state index contributed by atoms with van der Waals surface area (Å²) >= 11 is 16.0. The number of hydrogen-bond acceptors (Lipinski definition) is 8. The summed E-state index contributed by atoms with van der Waals surface area (Å²) in [6.45, 7) is 1.91. The van der Waals surface area contributed by atoms with E-state index in [-0.39, 0.29) is 20.7 Å². The quantitative estimate of drug-likeness (QED) is 0.462. The van der Waals surface area contributed by atoms with Crippen LogP contribution in [0.15, 0.2) is 29.2 Å². The molecule has 0 atom stereocenters. The zero-order chi connectivity index (χ0) is 21.0. The second-order valence-electron chi connectivity index (χ2n) is 5.13. The van der Waals surface area contributed by atoms with Gasteiger partial charge in [-0.25, -0.2) is 0 Å². The molecular weight excluding hydrogens is 439 g/mol. The summed E-state index contributed by atoms with van der Waals surface area (Å²) in [6.07, 6.45) is 1.10. The molecule has 0 aliphatic rings. The van der Waals surface area contributed by atoms with Gasteiger partial charge in [0, 0.05) is 5.69 Å². The van der Waals surface area contributed by atoms with Gasteiger partial charge in [0.25, 0.3) is 10.1 Å². The normalized spacial score (nSPS) is 10.5. The molecule has 2 rings (SSSR count). The third-order valence-electron chi connectivity index (χ3n) is 2.54. The minimum Gasteiger partial charge on any atom is -0.399 e. The lowest BCUT2D eigenvalue weighted by molar-refractivity contribution is 0.403. The van der Waals surface area contributed by atoms with Crippen molar-refractivity contribution < 1.29 is 13.0 Å². The van der Waals surface area contributed by atoms with Gasteiger partial charge in [-0.1, -0.05) is 0 Å². The number of hydrogen-bond donors (Lipinski definition) is 3. The maximum atomic E-state index is 10.5. The van der Waals surface area contributed by atoms with Crippen molar-refractivity contribution in [3.05, 3.63) is 40.1 Å². The molecule has 0 bridgehead atoms. The van der Waals surface area contributed by atoms with E-state index >= 15 is 0 Å². The molecule has 1 aromatic heterocycles. The predicted molar refractivity (Wildman–Crippen MR) is 108 cm³/mol. The fourth-order valence-corrected chi connectivity index (χ4v) is 2.44. The molecule has 0 saturated carbocycles. The van der Waals surface area contributed by atoms with Crippen LogP contribution in [0.5, 0.6) is 0 Å². The van der Waals surface area contributed by atoms with Crippen LogP contribution >= 0.6 is 34.8 Å². The molecule has 152 valence electrons. The Labute approximate surface area is 173 Å². The van der Waals surface area contributed by atoms with Crippen LogP contribution in [0.25, 0.3) is 0 Å². The van der Waals surface area contributed by atoms with E-state index in [9.17, 15) is 8.42 Å². The summed E-state index contributed by atoms with van der Waals surface area (Å²) in [5, 5.41) is 0.00000000000000178. The molecule has 1 aromatic carbocycles. The van der Waals surface area contributed by atoms with Crippen LogP contribution in [0.2, 0.25) is 15.9 Å². The van der Waals surface area contributed by atoms with Crippen LogP contribution in [0, 0.1) is 0 Å². The number of anilines is 1. The van der Waals surface area contributed by atoms with Crippen LogP contribution in [-0.2, 0) is 10.1 Å². The Morgan fingerprint density at radius 2 is 1.41 bits per heavy atom. The van der Waals surface area contributed by atoms with Crippen LogP contribution in [0.4, 0.5) is 5.69 Å². The fourth-order valence-electron chi connectivity index (χ4n) is 1.35. The highest BCUT2D eigenvalue weighted by molar-refractivity contribution is 7.85. The first-order valence-corrected chi connectivity index (χ1v) is 9.93. The Balaban J connectivity index is 0.000000387. The van der Waals surface area contributed by atoms with Crippen molar-refractivity contribution in [3.8, 4) is 0 Å². The molecule has 0 aliphatic heterocycles. The number of rotatable bonds is 4. The van der Waals surface area contributed by atoms with Crippen LogP contribution in [0.3, 0.4) is 0 Å². The van der Waals surface area contributed by atoms with Crippen molar-refractivity contribution >= 4 is 50.6 Å². The molecule has 0 saturated heterocycles. The van der Waals surface area contributed by atoms with Gasteiger partial charge in [0.05, 0.1) is 4.90 Å². The van der Waals surface area contributed by atoms with Crippen LogP contribution in [-0.4, -0.2) is 60.0 Å². The monoisotopic (exact) mass is 458 g/mol. The van der Waals surface area contributed by atoms with Crippen molar-refractivity contribution in [3.63, 3.8) is 0 Å². The van der Waals surface area contributed by atoms with E-state index in [1.165, 1.54) is 24.3 Å². The Morgan fingerprint density at radius 3 is 1.67 bits per heavy atom. The van der Waals surface area contributed by atoms with Gasteiger partial charge in [-0.05, 0) is 92.7 Å². The van der Waals surface area contributed by atoms with E-state index in [4.69, 9.17) is 50.8 Å². The van der Waals surface area contributed by atoms with Gasteiger partial charge in [0.1, 0.15) is 0 Å². The smallest absolute Gasteiger partial charge is 0.294 e. The molecule has 0 spiro atoms. The molecule has 0 radical (unpaired) electrons. The van der Waals surface area contributed by atoms with E-state index in [0.29, 0.717) is 5.69 Å². The molecule has 2 aromatic rings. The Hall–Kier alpha value is -1.27. The standard InChI is InChI=1S/C6H7NO3S.C5H14N2.C3Cl3N3/c7-5-1-3-6(4-2-5)11(8,9)10;1-7(2)5-3-4-6;4-1-7-2(5)9-3(6)8-1/h1-4H,7H2,(H,8,9,10);3-6H2,1-2H3;.